The number of thiophene rings is 1. The minimum absolute atomic E-state index is 0.0306. The number of carbonyl (C=O) groups is 1. The number of rotatable bonds is 4. The molecular formula is C14H20N2OS. The lowest BCUT2D eigenvalue weighted by atomic mass is 10.2. The summed E-state index contributed by atoms with van der Waals surface area (Å²) >= 11 is 1.80. The van der Waals surface area contributed by atoms with Crippen LogP contribution in [-0.4, -0.2) is 22.9 Å². The van der Waals surface area contributed by atoms with Crippen LogP contribution in [0.3, 0.4) is 0 Å². The summed E-state index contributed by atoms with van der Waals surface area (Å²) in [7, 11) is 0. The maximum atomic E-state index is 12.4. The van der Waals surface area contributed by atoms with Crippen LogP contribution in [-0.2, 0) is 4.79 Å². The Labute approximate surface area is 112 Å². The number of amides is 1. The molecule has 1 amide bonds. The molecule has 2 atom stereocenters. The second-order valence-electron chi connectivity index (χ2n) is 5.34. The third-order valence-electron chi connectivity index (χ3n) is 3.74. The first kappa shape index (κ1) is 12.2. The number of aryl methyl sites for hydroxylation is 1. The lowest BCUT2D eigenvalue weighted by Crippen LogP contribution is -2.32. The van der Waals surface area contributed by atoms with Crippen LogP contribution in [0.5, 0.6) is 0 Å². The number of nitrogens with one attached hydrogen (secondary N) is 1. The van der Waals surface area contributed by atoms with Gasteiger partial charge in [0.05, 0.1) is 6.04 Å². The molecule has 0 spiro atoms. The molecule has 2 unspecified atom stereocenters. The van der Waals surface area contributed by atoms with Crippen molar-refractivity contribution in [1.82, 2.24) is 10.2 Å². The van der Waals surface area contributed by atoms with Crippen LogP contribution in [0.25, 0.3) is 0 Å². The molecule has 2 fully saturated rings. The smallest absolute Gasteiger partial charge is 0.241 e. The van der Waals surface area contributed by atoms with Gasteiger partial charge in [-0.25, -0.2) is 0 Å². The minimum atomic E-state index is 0.0306. The van der Waals surface area contributed by atoms with E-state index in [4.69, 9.17) is 0 Å². The van der Waals surface area contributed by atoms with E-state index in [9.17, 15) is 4.79 Å². The molecule has 1 N–H and O–H groups in total. The summed E-state index contributed by atoms with van der Waals surface area (Å²) in [5.41, 5.74) is 0. The third kappa shape index (κ3) is 2.08. The Hall–Kier alpha value is -0.870. The van der Waals surface area contributed by atoms with Crippen LogP contribution in [0, 0.1) is 6.92 Å². The highest BCUT2D eigenvalue weighted by Gasteiger charge is 2.46. The van der Waals surface area contributed by atoms with Crippen molar-refractivity contribution in [1.29, 1.82) is 0 Å². The van der Waals surface area contributed by atoms with E-state index >= 15 is 0 Å². The van der Waals surface area contributed by atoms with Crippen molar-refractivity contribution >= 4 is 17.2 Å². The fourth-order valence-electron chi connectivity index (χ4n) is 2.71. The quantitative estimate of drug-likeness (QED) is 0.907. The molecule has 2 aliphatic rings. The van der Waals surface area contributed by atoms with Crippen molar-refractivity contribution < 1.29 is 4.79 Å². The van der Waals surface area contributed by atoms with Crippen molar-refractivity contribution in [2.45, 2.75) is 57.8 Å². The molecule has 0 aromatic carbocycles. The van der Waals surface area contributed by atoms with Gasteiger partial charge in [-0.2, -0.15) is 0 Å². The summed E-state index contributed by atoms with van der Waals surface area (Å²) < 4.78 is 0. The van der Waals surface area contributed by atoms with Gasteiger partial charge in [0.15, 0.2) is 0 Å². The standard InChI is InChI=1S/C14H20N2OS/c1-3-4-11-14(17)16(10-6-7-10)13(15-11)12-8-5-9(2)18-12/h5,8,10-11,13,15H,3-4,6-7H2,1-2H3. The second kappa shape index (κ2) is 4.67. The van der Waals surface area contributed by atoms with Gasteiger partial charge < -0.3 is 4.90 Å². The molecule has 98 valence electrons. The average Bonchev–Trinajstić information content (AvgIpc) is 3.01. The normalized spacial score (nSPS) is 28.1. The zero-order valence-corrected chi connectivity index (χ0v) is 11.8. The molecule has 1 aliphatic heterocycles. The molecule has 4 heteroatoms. The first-order chi connectivity index (χ1) is 8.70. The lowest BCUT2D eigenvalue weighted by molar-refractivity contribution is -0.130. The number of carbonyl (C=O) groups excluding carboxylic acids is 1. The molecule has 1 aromatic heterocycles. The highest BCUT2D eigenvalue weighted by Crippen LogP contribution is 2.39. The van der Waals surface area contributed by atoms with Gasteiger partial charge >= 0.3 is 0 Å². The summed E-state index contributed by atoms with van der Waals surface area (Å²) in [6, 6.07) is 4.82. The topological polar surface area (TPSA) is 32.3 Å². The zero-order chi connectivity index (χ0) is 12.7. The highest BCUT2D eigenvalue weighted by molar-refractivity contribution is 7.12. The largest absolute Gasteiger partial charge is 0.318 e. The van der Waals surface area contributed by atoms with Crippen molar-refractivity contribution in [3.63, 3.8) is 0 Å². The first-order valence-corrected chi connectivity index (χ1v) is 7.67. The van der Waals surface area contributed by atoms with Gasteiger partial charge in [0.1, 0.15) is 6.17 Å². The van der Waals surface area contributed by atoms with Crippen molar-refractivity contribution in [3.05, 3.63) is 21.9 Å². The lowest BCUT2D eigenvalue weighted by Gasteiger charge is -2.22. The van der Waals surface area contributed by atoms with Gasteiger partial charge in [-0.15, -0.1) is 11.3 Å². The van der Waals surface area contributed by atoms with Gasteiger partial charge in [0.2, 0.25) is 5.91 Å². The molecule has 1 aliphatic carbocycles. The van der Waals surface area contributed by atoms with E-state index in [1.54, 1.807) is 11.3 Å². The molecule has 3 rings (SSSR count). The molecule has 2 heterocycles. The summed E-state index contributed by atoms with van der Waals surface area (Å²) in [5, 5.41) is 3.53. The fraction of sp³-hybridized carbons (Fsp3) is 0.643. The predicted octanol–water partition coefficient (Wildman–Crippen LogP) is 2.82. The fourth-order valence-corrected chi connectivity index (χ4v) is 3.65. The van der Waals surface area contributed by atoms with Gasteiger partial charge in [-0.1, -0.05) is 13.3 Å². The number of nitrogens with zero attached hydrogens (tertiary/aromatic N) is 1. The predicted molar refractivity (Wildman–Crippen MR) is 73.5 cm³/mol. The monoisotopic (exact) mass is 264 g/mol. The molecule has 18 heavy (non-hydrogen) atoms. The number of hydrogen-bond acceptors (Lipinski definition) is 3. The summed E-state index contributed by atoms with van der Waals surface area (Å²) in [6.45, 7) is 4.26. The van der Waals surface area contributed by atoms with Gasteiger partial charge in [-0.05, 0) is 38.3 Å². The van der Waals surface area contributed by atoms with Crippen LogP contribution in [0.4, 0.5) is 0 Å². The molecule has 0 bridgehead atoms. The highest BCUT2D eigenvalue weighted by atomic mass is 32.1. The zero-order valence-electron chi connectivity index (χ0n) is 11.0. The van der Waals surface area contributed by atoms with Crippen LogP contribution in [0.1, 0.15) is 48.5 Å². The Kier molecular flexibility index (Phi) is 3.16. The Morgan fingerprint density at radius 3 is 2.78 bits per heavy atom. The average molecular weight is 264 g/mol. The molecule has 1 aromatic rings. The van der Waals surface area contributed by atoms with E-state index in [1.807, 2.05) is 0 Å². The molecular weight excluding hydrogens is 244 g/mol. The van der Waals surface area contributed by atoms with Crippen LogP contribution >= 0.6 is 11.3 Å². The Morgan fingerprint density at radius 1 is 1.44 bits per heavy atom. The van der Waals surface area contributed by atoms with E-state index in [0.717, 1.165) is 12.8 Å². The third-order valence-corrected chi connectivity index (χ3v) is 4.79. The minimum Gasteiger partial charge on any atom is -0.318 e. The Balaban J connectivity index is 1.85. The second-order valence-corrected chi connectivity index (χ2v) is 6.66. The molecule has 1 saturated heterocycles. The molecule has 3 nitrogen and oxygen atoms in total. The number of hydrogen-bond donors (Lipinski definition) is 1. The van der Waals surface area contributed by atoms with E-state index in [1.165, 1.54) is 22.6 Å². The van der Waals surface area contributed by atoms with Gasteiger partial charge in [0, 0.05) is 15.8 Å². The van der Waals surface area contributed by atoms with Crippen LogP contribution < -0.4 is 5.32 Å². The maximum Gasteiger partial charge on any atom is 0.241 e. The van der Waals surface area contributed by atoms with Crippen molar-refractivity contribution in [3.8, 4) is 0 Å². The van der Waals surface area contributed by atoms with E-state index < -0.39 is 0 Å². The van der Waals surface area contributed by atoms with Crippen molar-refractivity contribution in [2.24, 2.45) is 0 Å². The van der Waals surface area contributed by atoms with E-state index in [2.05, 4.69) is 36.2 Å². The Morgan fingerprint density at radius 2 is 2.22 bits per heavy atom. The van der Waals surface area contributed by atoms with E-state index in [0.29, 0.717) is 11.9 Å². The Bertz CT molecular complexity index is 452. The molecule has 0 radical (unpaired) electrons. The van der Waals surface area contributed by atoms with Crippen LogP contribution in [0.15, 0.2) is 12.1 Å². The van der Waals surface area contributed by atoms with E-state index in [-0.39, 0.29) is 12.2 Å². The first-order valence-electron chi connectivity index (χ1n) is 6.85. The van der Waals surface area contributed by atoms with Crippen LogP contribution in [0.2, 0.25) is 0 Å². The van der Waals surface area contributed by atoms with Crippen molar-refractivity contribution in [2.75, 3.05) is 0 Å². The molecule has 1 saturated carbocycles. The van der Waals surface area contributed by atoms with Gasteiger partial charge in [-0.3, -0.25) is 10.1 Å². The van der Waals surface area contributed by atoms with Gasteiger partial charge in [0.25, 0.3) is 0 Å². The summed E-state index contributed by atoms with van der Waals surface area (Å²) in [6.07, 6.45) is 4.47. The summed E-state index contributed by atoms with van der Waals surface area (Å²) in [4.78, 5) is 17.1. The summed E-state index contributed by atoms with van der Waals surface area (Å²) in [5.74, 6) is 0.315. The maximum absolute atomic E-state index is 12.4. The SMILES string of the molecule is CCCC1NC(c2ccc(C)s2)N(C2CC2)C1=O.